The minimum Gasteiger partial charge on any atom is -0.494 e. The quantitative estimate of drug-likeness (QED) is 0.0890. The molecule has 0 fully saturated rings. The molecule has 0 radical (unpaired) electrons. The first-order valence-electron chi connectivity index (χ1n) is 17.6. The first-order chi connectivity index (χ1) is 22.7. The second-order valence-corrected chi connectivity index (χ2v) is 12.0. The molecule has 0 spiro atoms. The number of benzene rings is 2. The molecule has 0 unspecified atom stereocenters. The zero-order chi connectivity index (χ0) is 32.5. The third kappa shape index (κ3) is 16.0. The number of pyridine rings is 1. The molecule has 6 nitrogen and oxygen atoms in total. The number of unbranched alkanes of at least 4 members (excludes halogenated alkanes) is 14. The molecule has 0 atom stereocenters. The van der Waals surface area contributed by atoms with Crippen LogP contribution in [0, 0.1) is 0 Å². The lowest BCUT2D eigenvalue weighted by molar-refractivity contribution is 0.0697. The summed E-state index contributed by atoms with van der Waals surface area (Å²) in [6.07, 6.45) is 27.4. The Morgan fingerprint density at radius 3 is 1.67 bits per heavy atom. The fourth-order valence-corrected chi connectivity index (χ4v) is 5.28. The molecule has 0 aliphatic rings. The summed E-state index contributed by atoms with van der Waals surface area (Å²) in [4.78, 5) is 15.0. The van der Waals surface area contributed by atoms with Crippen molar-refractivity contribution in [2.75, 3.05) is 19.8 Å². The first kappa shape index (κ1) is 36.7. The van der Waals surface area contributed by atoms with E-state index in [0.717, 1.165) is 60.7 Å². The van der Waals surface area contributed by atoms with Crippen LogP contribution in [0.2, 0.25) is 0 Å². The average molecular weight is 630 g/mol. The van der Waals surface area contributed by atoms with Crippen LogP contribution in [0.15, 0.2) is 67.0 Å². The van der Waals surface area contributed by atoms with Gasteiger partial charge in [0.2, 0.25) is 0 Å². The third-order valence-corrected chi connectivity index (χ3v) is 8.08. The van der Waals surface area contributed by atoms with Crippen LogP contribution in [0.4, 0.5) is 0 Å². The highest BCUT2D eigenvalue weighted by Gasteiger charge is 2.06. The molecule has 46 heavy (non-hydrogen) atoms. The van der Waals surface area contributed by atoms with Crippen molar-refractivity contribution in [3.05, 3.63) is 83.7 Å². The van der Waals surface area contributed by atoms with Crippen LogP contribution in [-0.2, 0) is 0 Å². The van der Waals surface area contributed by atoms with Crippen LogP contribution in [0.3, 0.4) is 0 Å². The molecule has 1 N–H and O–H groups in total. The van der Waals surface area contributed by atoms with E-state index in [4.69, 9.17) is 19.3 Å². The van der Waals surface area contributed by atoms with Gasteiger partial charge in [0.1, 0.15) is 17.2 Å². The number of nitrogens with zero attached hydrogens (tertiary/aromatic N) is 1. The van der Waals surface area contributed by atoms with Gasteiger partial charge in [0, 0.05) is 24.0 Å². The van der Waals surface area contributed by atoms with Crippen molar-refractivity contribution >= 4 is 18.1 Å². The SMILES string of the molecule is CCCCCCCCCCOc1cc(OCCCCCCCCCCOc2ccc(C(=O)O)cc2)ccc1/C=C/c1ccncc1. The molecule has 3 rings (SSSR count). The van der Waals surface area contributed by atoms with E-state index in [1.165, 1.54) is 77.0 Å². The summed E-state index contributed by atoms with van der Waals surface area (Å²) in [7, 11) is 0. The van der Waals surface area contributed by atoms with Gasteiger partial charge in [0.05, 0.1) is 25.4 Å². The lowest BCUT2D eigenvalue weighted by Gasteiger charge is -2.13. The Morgan fingerprint density at radius 1 is 0.609 bits per heavy atom. The minimum atomic E-state index is -0.918. The number of carbonyl (C=O) groups is 1. The van der Waals surface area contributed by atoms with Crippen molar-refractivity contribution in [3.8, 4) is 17.2 Å². The summed E-state index contributed by atoms with van der Waals surface area (Å²) in [6, 6.07) is 16.8. The van der Waals surface area contributed by atoms with Crippen molar-refractivity contribution < 1.29 is 24.1 Å². The Kier molecular flexibility index (Phi) is 18.8. The maximum atomic E-state index is 10.9. The molecular weight excluding hydrogens is 574 g/mol. The maximum absolute atomic E-state index is 10.9. The number of ether oxygens (including phenoxy) is 3. The summed E-state index contributed by atoms with van der Waals surface area (Å²) >= 11 is 0. The summed E-state index contributed by atoms with van der Waals surface area (Å²) in [5.74, 6) is 1.56. The van der Waals surface area contributed by atoms with Gasteiger partial charge in [-0.15, -0.1) is 0 Å². The number of hydrogen-bond donors (Lipinski definition) is 1. The highest BCUT2D eigenvalue weighted by Crippen LogP contribution is 2.28. The average Bonchev–Trinajstić information content (AvgIpc) is 3.08. The fraction of sp³-hybridized carbons (Fsp3) is 0.500. The molecule has 0 aliphatic carbocycles. The van der Waals surface area contributed by atoms with Crippen molar-refractivity contribution in [1.82, 2.24) is 4.98 Å². The topological polar surface area (TPSA) is 77.9 Å². The van der Waals surface area contributed by atoms with Gasteiger partial charge in [0.15, 0.2) is 0 Å². The van der Waals surface area contributed by atoms with Crippen molar-refractivity contribution in [3.63, 3.8) is 0 Å². The van der Waals surface area contributed by atoms with E-state index in [9.17, 15) is 4.79 Å². The van der Waals surface area contributed by atoms with Crippen molar-refractivity contribution in [2.24, 2.45) is 0 Å². The van der Waals surface area contributed by atoms with Crippen molar-refractivity contribution in [2.45, 2.75) is 110 Å². The van der Waals surface area contributed by atoms with Crippen LogP contribution in [0.5, 0.6) is 17.2 Å². The number of carboxylic acid groups (broad SMARTS) is 1. The molecular formula is C40H55NO5. The molecule has 3 aromatic rings. The van der Waals surface area contributed by atoms with E-state index in [1.54, 1.807) is 24.3 Å². The predicted molar refractivity (Wildman–Crippen MR) is 189 cm³/mol. The fourth-order valence-electron chi connectivity index (χ4n) is 5.28. The number of rotatable bonds is 26. The van der Waals surface area contributed by atoms with Gasteiger partial charge in [0.25, 0.3) is 0 Å². The first-order valence-corrected chi connectivity index (χ1v) is 17.6. The van der Waals surface area contributed by atoms with Crippen LogP contribution < -0.4 is 14.2 Å². The predicted octanol–water partition coefficient (Wildman–Crippen LogP) is 11.0. The maximum Gasteiger partial charge on any atom is 0.335 e. The molecule has 1 aromatic heterocycles. The molecule has 0 amide bonds. The second kappa shape index (κ2) is 23.5. The molecule has 0 bridgehead atoms. The number of hydrogen-bond acceptors (Lipinski definition) is 5. The smallest absolute Gasteiger partial charge is 0.335 e. The normalized spacial score (nSPS) is 11.2. The summed E-state index contributed by atoms with van der Waals surface area (Å²) in [5.41, 5.74) is 2.45. The molecule has 0 aliphatic heterocycles. The van der Waals surface area contributed by atoms with E-state index in [-0.39, 0.29) is 5.56 Å². The van der Waals surface area contributed by atoms with E-state index < -0.39 is 5.97 Å². The summed E-state index contributed by atoms with van der Waals surface area (Å²) in [5, 5.41) is 8.97. The van der Waals surface area contributed by atoms with E-state index in [1.807, 2.05) is 36.7 Å². The minimum absolute atomic E-state index is 0.280. The van der Waals surface area contributed by atoms with Gasteiger partial charge >= 0.3 is 5.97 Å². The molecule has 2 aromatic carbocycles. The van der Waals surface area contributed by atoms with E-state index in [2.05, 4.69) is 30.1 Å². The van der Waals surface area contributed by atoms with Gasteiger partial charge in [-0.1, -0.05) is 103 Å². The number of carboxylic acids is 1. The summed E-state index contributed by atoms with van der Waals surface area (Å²) < 4.78 is 18.1. The summed E-state index contributed by atoms with van der Waals surface area (Å²) in [6.45, 7) is 4.37. The van der Waals surface area contributed by atoms with Gasteiger partial charge in [-0.3, -0.25) is 4.98 Å². The highest BCUT2D eigenvalue weighted by atomic mass is 16.5. The van der Waals surface area contributed by atoms with Crippen LogP contribution in [-0.4, -0.2) is 35.9 Å². The molecule has 0 saturated carbocycles. The third-order valence-electron chi connectivity index (χ3n) is 8.08. The Labute approximate surface area is 277 Å². The standard InChI is InChI=1S/C40H55NO5/c1-2-3-4-5-6-9-14-17-32-46-39-33-38(25-20-35(39)19-18-34-26-28-41-29-27-34)45-31-16-13-11-8-7-10-12-15-30-44-37-23-21-36(22-24-37)40(42)43/h18-29,33H,2-17,30-32H2,1H3,(H,42,43)/b19-18+. The second-order valence-electron chi connectivity index (χ2n) is 12.0. The monoisotopic (exact) mass is 629 g/mol. The van der Waals surface area contributed by atoms with Crippen LogP contribution in [0.25, 0.3) is 12.2 Å². The Bertz CT molecular complexity index is 1240. The lowest BCUT2D eigenvalue weighted by Crippen LogP contribution is -2.01. The molecule has 0 saturated heterocycles. The Morgan fingerprint density at radius 2 is 1.11 bits per heavy atom. The van der Waals surface area contributed by atoms with Crippen molar-refractivity contribution in [1.29, 1.82) is 0 Å². The van der Waals surface area contributed by atoms with E-state index in [0.29, 0.717) is 13.2 Å². The Balaban J connectivity index is 1.29. The van der Waals surface area contributed by atoms with Gasteiger partial charge in [-0.05, 0) is 73.4 Å². The molecule has 250 valence electrons. The Hall–Kier alpha value is -3.80. The van der Waals surface area contributed by atoms with Gasteiger partial charge in [-0.25, -0.2) is 4.79 Å². The zero-order valence-corrected chi connectivity index (χ0v) is 28.0. The number of aromatic carboxylic acids is 1. The van der Waals surface area contributed by atoms with Gasteiger partial charge < -0.3 is 19.3 Å². The number of aromatic nitrogens is 1. The largest absolute Gasteiger partial charge is 0.494 e. The molecule has 1 heterocycles. The van der Waals surface area contributed by atoms with Crippen LogP contribution in [0.1, 0.15) is 131 Å². The highest BCUT2D eigenvalue weighted by molar-refractivity contribution is 5.87. The lowest BCUT2D eigenvalue weighted by atomic mass is 10.1. The van der Waals surface area contributed by atoms with Crippen LogP contribution >= 0.6 is 0 Å². The van der Waals surface area contributed by atoms with Gasteiger partial charge in [-0.2, -0.15) is 0 Å². The zero-order valence-electron chi connectivity index (χ0n) is 28.0. The molecule has 6 heteroatoms. The van der Waals surface area contributed by atoms with E-state index >= 15 is 0 Å².